The molecule has 1 aliphatic heterocycles. The fraction of sp³-hybridized carbons (Fsp3) is 0.444. The van der Waals surface area contributed by atoms with Crippen LogP contribution in [0.1, 0.15) is 51.5 Å². The van der Waals surface area contributed by atoms with Crippen molar-refractivity contribution < 1.29 is 9.32 Å². The molecule has 0 spiro atoms. The first-order valence-corrected chi connectivity index (χ1v) is 12.8. The topological polar surface area (TPSA) is 71.3 Å². The van der Waals surface area contributed by atoms with Crippen LogP contribution in [0.5, 0.6) is 0 Å². The van der Waals surface area contributed by atoms with Gasteiger partial charge in [0.1, 0.15) is 0 Å². The van der Waals surface area contributed by atoms with Crippen molar-refractivity contribution in [1.29, 1.82) is 0 Å². The molecule has 0 radical (unpaired) electrons. The molecule has 4 rings (SSSR count). The normalized spacial score (nSPS) is 16.4. The van der Waals surface area contributed by atoms with Crippen LogP contribution in [0.2, 0.25) is 0 Å². The molecule has 0 bridgehead atoms. The summed E-state index contributed by atoms with van der Waals surface area (Å²) >= 11 is 3.44. The van der Waals surface area contributed by atoms with Gasteiger partial charge in [0.2, 0.25) is 17.6 Å². The highest BCUT2D eigenvalue weighted by Gasteiger charge is 2.29. The Hall–Kier alpha value is -2.51. The Morgan fingerprint density at radius 1 is 1.15 bits per heavy atom. The van der Waals surface area contributed by atoms with Crippen LogP contribution < -0.4 is 5.32 Å². The molecule has 0 saturated carbocycles. The van der Waals surface area contributed by atoms with Crippen molar-refractivity contribution in [3.63, 3.8) is 0 Å². The summed E-state index contributed by atoms with van der Waals surface area (Å²) in [5, 5.41) is 7.38. The second kappa shape index (κ2) is 10.8. The summed E-state index contributed by atoms with van der Waals surface area (Å²) in [5.41, 5.74) is 2.24. The van der Waals surface area contributed by atoms with Gasteiger partial charge in [-0.1, -0.05) is 65.3 Å². The van der Waals surface area contributed by atoms with E-state index in [1.165, 1.54) is 5.56 Å². The van der Waals surface area contributed by atoms with Gasteiger partial charge in [0.25, 0.3) is 0 Å². The number of amides is 1. The summed E-state index contributed by atoms with van der Waals surface area (Å²) < 4.78 is 6.48. The van der Waals surface area contributed by atoms with E-state index in [0.29, 0.717) is 18.3 Å². The lowest BCUT2D eigenvalue weighted by Gasteiger charge is -2.32. The molecule has 1 saturated heterocycles. The van der Waals surface area contributed by atoms with Gasteiger partial charge in [0.05, 0.1) is 6.54 Å². The molecule has 6 nitrogen and oxygen atoms in total. The van der Waals surface area contributed by atoms with Gasteiger partial charge in [-0.3, -0.25) is 9.69 Å². The van der Waals surface area contributed by atoms with Gasteiger partial charge in [-0.2, -0.15) is 4.98 Å². The number of benzene rings is 2. The Balaban J connectivity index is 1.23. The van der Waals surface area contributed by atoms with Crippen LogP contribution in [0, 0.1) is 5.92 Å². The number of likely N-dealkylation sites (tertiary alicyclic amines) is 1. The molecule has 2 heterocycles. The summed E-state index contributed by atoms with van der Waals surface area (Å²) in [6.07, 6.45) is 2.59. The van der Waals surface area contributed by atoms with Crippen LogP contribution in [0.4, 0.5) is 0 Å². The van der Waals surface area contributed by atoms with Crippen molar-refractivity contribution in [2.75, 3.05) is 13.1 Å². The lowest BCUT2D eigenvalue weighted by atomic mass is 9.79. The Kier molecular flexibility index (Phi) is 7.84. The van der Waals surface area contributed by atoms with Crippen molar-refractivity contribution in [3.05, 3.63) is 70.5 Å². The largest absolute Gasteiger partial charge is 0.353 e. The minimum atomic E-state index is 0.0104. The second-order valence-corrected chi connectivity index (χ2v) is 10.8. The van der Waals surface area contributed by atoms with Gasteiger partial charge in [0, 0.05) is 22.0 Å². The molecular weight excluding hydrogens is 492 g/mol. The molecule has 1 aromatic heterocycles. The molecule has 7 heteroatoms. The fourth-order valence-corrected chi connectivity index (χ4v) is 5.03. The Bertz CT molecular complexity index is 1070. The minimum Gasteiger partial charge on any atom is -0.353 e. The van der Waals surface area contributed by atoms with Crippen LogP contribution in [-0.4, -0.2) is 40.1 Å². The van der Waals surface area contributed by atoms with Crippen molar-refractivity contribution in [2.24, 2.45) is 5.92 Å². The van der Waals surface area contributed by atoms with Crippen LogP contribution in [0.15, 0.2) is 63.6 Å². The molecule has 1 atom stereocenters. The summed E-state index contributed by atoms with van der Waals surface area (Å²) in [6, 6.07) is 18.5. The summed E-state index contributed by atoms with van der Waals surface area (Å²) in [6.45, 7) is 8.89. The van der Waals surface area contributed by atoms with Crippen molar-refractivity contribution in [1.82, 2.24) is 20.4 Å². The number of carbonyl (C=O) groups is 1. The van der Waals surface area contributed by atoms with E-state index in [0.717, 1.165) is 42.4 Å². The zero-order valence-corrected chi connectivity index (χ0v) is 21.7. The first-order valence-electron chi connectivity index (χ1n) is 12.0. The number of hydrogen-bond donors (Lipinski definition) is 1. The second-order valence-electron chi connectivity index (χ2n) is 9.93. The maximum atomic E-state index is 12.9. The maximum Gasteiger partial charge on any atom is 0.241 e. The number of rotatable bonds is 8. The fourth-order valence-electron chi connectivity index (χ4n) is 4.76. The van der Waals surface area contributed by atoms with Crippen LogP contribution in [0.3, 0.4) is 0 Å². The number of carbonyl (C=O) groups excluding carboxylic acids is 1. The van der Waals surface area contributed by atoms with E-state index >= 15 is 0 Å². The highest BCUT2D eigenvalue weighted by molar-refractivity contribution is 9.10. The van der Waals surface area contributed by atoms with Gasteiger partial charge >= 0.3 is 0 Å². The van der Waals surface area contributed by atoms with Crippen molar-refractivity contribution in [2.45, 2.75) is 58.0 Å². The number of halogens is 1. The molecule has 1 aliphatic rings. The molecule has 0 aliphatic carbocycles. The van der Waals surface area contributed by atoms with Crippen molar-refractivity contribution in [3.8, 4) is 11.4 Å². The van der Waals surface area contributed by atoms with Crippen molar-refractivity contribution >= 4 is 21.8 Å². The summed E-state index contributed by atoms with van der Waals surface area (Å²) in [4.78, 5) is 19.7. The van der Waals surface area contributed by atoms with Gasteiger partial charge in [-0.05, 0) is 74.5 Å². The van der Waals surface area contributed by atoms with Crippen LogP contribution in [-0.2, 0) is 16.8 Å². The van der Waals surface area contributed by atoms with Crippen LogP contribution in [0.25, 0.3) is 11.4 Å². The number of nitrogens with one attached hydrogen (secondary N) is 1. The third-order valence-corrected chi connectivity index (χ3v) is 7.18. The number of piperidine rings is 1. The van der Waals surface area contributed by atoms with E-state index < -0.39 is 0 Å². The molecule has 1 unspecified atom stereocenters. The Labute approximate surface area is 210 Å². The highest BCUT2D eigenvalue weighted by atomic mass is 79.9. The number of aromatic nitrogens is 2. The smallest absolute Gasteiger partial charge is 0.241 e. The zero-order chi connectivity index (χ0) is 24.1. The third-order valence-electron chi connectivity index (χ3n) is 6.65. The van der Waals surface area contributed by atoms with Gasteiger partial charge < -0.3 is 9.84 Å². The van der Waals surface area contributed by atoms with E-state index in [1.807, 2.05) is 30.3 Å². The molecule has 2 aromatic carbocycles. The van der Waals surface area contributed by atoms with E-state index in [2.05, 4.69) is 81.3 Å². The molecule has 34 heavy (non-hydrogen) atoms. The Morgan fingerprint density at radius 3 is 2.50 bits per heavy atom. The SMILES string of the molecule is CC(CC(C)(C)c1ccccc1)NC(=O)C1CCN(Cc2nc(-c3ccc(Br)cc3)no2)CC1. The maximum absolute atomic E-state index is 12.9. The van der Waals surface area contributed by atoms with E-state index in [9.17, 15) is 4.79 Å². The molecule has 1 amide bonds. The lowest BCUT2D eigenvalue weighted by molar-refractivity contribution is -0.127. The quantitative estimate of drug-likeness (QED) is 0.416. The number of hydrogen-bond acceptors (Lipinski definition) is 5. The molecule has 180 valence electrons. The highest BCUT2D eigenvalue weighted by Crippen LogP contribution is 2.28. The van der Waals surface area contributed by atoms with E-state index in [-0.39, 0.29) is 23.3 Å². The summed E-state index contributed by atoms with van der Waals surface area (Å²) in [5.74, 6) is 1.44. The minimum absolute atomic E-state index is 0.0104. The first kappa shape index (κ1) is 24.6. The Morgan fingerprint density at radius 2 is 1.82 bits per heavy atom. The molecule has 1 N–H and O–H groups in total. The van der Waals surface area contributed by atoms with E-state index in [4.69, 9.17) is 4.52 Å². The average Bonchev–Trinajstić information content (AvgIpc) is 3.28. The predicted molar refractivity (Wildman–Crippen MR) is 137 cm³/mol. The van der Waals surface area contributed by atoms with E-state index in [1.54, 1.807) is 0 Å². The zero-order valence-electron chi connectivity index (χ0n) is 20.1. The monoisotopic (exact) mass is 524 g/mol. The van der Waals surface area contributed by atoms with Gasteiger partial charge in [0.15, 0.2) is 0 Å². The standard InChI is InChI=1S/C27H33BrN4O2/c1-19(17-27(2,3)22-7-5-4-6-8-22)29-26(33)21-13-15-32(16-14-21)18-24-30-25(31-34-24)20-9-11-23(28)12-10-20/h4-12,19,21H,13-18H2,1-3H3,(H,29,33). The number of nitrogens with zero attached hydrogens (tertiary/aromatic N) is 3. The van der Waals surface area contributed by atoms with Crippen LogP contribution >= 0.6 is 15.9 Å². The molecule has 3 aromatic rings. The predicted octanol–water partition coefficient (Wildman–Crippen LogP) is 5.58. The summed E-state index contributed by atoms with van der Waals surface area (Å²) in [7, 11) is 0. The first-order chi connectivity index (χ1) is 16.3. The van der Waals surface area contributed by atoms with Gasteiger partial charge in [-0.15, -0.1) is 0 Å². The molecular formula is C27H33BrN4O2. The lowest BCUT2D eigenvalue weighted by Crippen LogP contribution is -2.44. The average molecular weight is 525 g/mol. The third kappa shape index (κ3) is 6.33. The molecule has 1 fully saturated rings. The van der Waals surface area contributed by atoms with Gasteiger partial charge in [-0.25, -0.2) is 0 Å².